The number of piperidine rings is 1. The van der Waals surface area contributed by atoms with Crippen molar-refractivity contribution in [1.82, 2.24) is 19.0 Å². The molecule has 0 amide bonds. The molecule has 0 saturated carbocycles. The molecule has 1 aliphatic rings. The minimum absolute atomic E-state index is 0.104. The van der Waals surface area contributed by atoms with Gasteiger partial charge in [-0.2, -0.15) is 0 Å². The first-order valence-electron chi connectivity index (χ1n) is 12.6. The molecule has 0 spiro atoms. The lowest BCUT2D eigenvalue weighted by molar-refractivity contribution is 0.0706. The van der Waals surface area contributed by atoms with E-state index in [4.69, 9.17) is 16.3 Å². The number of nitrogens with zero attached hydrogens (tertiary/aromatic N) is 4. The molecule has 194 valence electrons. The van der Waals surface area contributed by atoms with Crippen LogP contribution in [0.3, 0.4) is 0 Å². The Balaban J connectivity index is 1.55. The molecule has 1 aromatic carbocycles. The summed E-state index contributed by atoms with van der Waals surface area (Å²) in [5, 5.41) is 0.647. The fourth-order valence-electron chi connectivity index (χ4n) is 4.98. The summed E-state index contributed by atoms with van der Waals surface area (Å²) in [5.41, 5.74) is 3.04. The van der Waals surface area contributed by atoms with E-state index in [-0.39, 0.29) is 23.9 Å². The van der Waals surface area contributed by atoms with Gasteiger partial charge in [-0.15, -0.1) is 11.3 Å². The summed E-state index contributed by atoms with van der Waals surface area (Å²) in [6.45, 7) is 8.67. The number of rotatable bonds is 6. The Morgan fingerprint density at radius 3 is 2.78 bits per heavy atom. The Morgan fingerprint density at radius 1 is 1.19 bits per heavy atom. The van der Waals surface area contributed by atoms with Gasteiger partial charge < -0.3 is 9.30 Å². The van der Waals surface area contributed by atoms with Crippen molar-refractivity contribution in [3.05, 3.63) is 79.0 Å². The second kappa shape index (κ2) is 10.4. The quantitative estimate of drug-likeness (QED) is 0.342. The summed E-state index contributed by atoms with van der Waals surface area (Å²) in [6, 6.07) is 9.72. The number of ether oxygens (including phenoxy) is 1. The van der Waals surface area contributed by atoms with Crippen LogP contribution >= 0.6 is 22.9 Å². The van der Waals surface area contributed by atoms with Crippen LogP contribution in [0.15, 0.2) is 52.3 Å². The molecule has 4 heterocycles. The molecule has 0 aliphatic carbocycles. The first-order valence-corrected chi connectivity index (χ1v) is 13.8. The van der Waals surface area contributed by atoms with Crippen molar-refractivity contribution in [2.45, 2.75) is 52.3 Å². The molecule has 1 fully saturated rings. The third-order valence-corrected chi connectivity index (χ3v) is 8.33. The summed E-state index contributed by atoms with van der Waals surface area (Å²) in [5.74, 6) is 0.843. The lowest BCUT2D eigenvalue weighted by Gasteiger charge is -2.36. The van der Waals surface area contributed by atoms with Gasteiger partial charge in [-0.3, -0.25) is 19.2 Å². The standard InChI is InChI=1S/C28H31ClN4O3S/c1-17(2)32-10-5-6-20(15-32)36-26-18(3)12-19(29)13-23(26)22-7-9-30-24-14-21(37-27(22)24)16-33-25(34)8-11-31(4)28(33)35/h7-9,11-14,17,20H,5-6,10,15-16H2,1-4H3. The summed E-state index contributed by atoms with van der Waals surface area (Å²) in [6.07, 6.45) is 5.49. The number of aromatic nitrogens is 3. The van der Waals surface area contributed by atoms with E-state index in [9.17, 15) is 9.59 Å². The number of aryl methyl sites for hydroxylation is 2. The summed E-state index contributed by atoms with van der Waals surface area (Å²) in [7, 11) is 1.64. The van der Waals surface area contributed by atoms with Gasteiger partial charge in [0, 0.05) is 59.1 Å². The maximum atomic E-state index is 12.6. The van der Waals surface area contributed by atoms with Gasteiger partial charge in [-0.05, 0) is 70.0 Å². The molecule has 1 atom stereocenters. The molecule has 1 aliphatic heterocycles. The molecule has 1 unspecified atom stereocenters. The van der Waals surface area contributed by atoms with Gasteiger partial charge in [0.05, 0.1) is 16.8 Å². The van der Waals surface area contributed by atoms with Gasteiger partial charge in [0.15, 0.2) is 0 Å². The highest BCUT2D eigenvalue weighted by Crippen LogP contribution is 2.42. The Bertz CT molecular complexity index is 1570. The number of fused-ring (bicyclic) bond motifs is 1. The van der Waals surface area contributed by atoms with Gasteiger partial charge in [-0.25, -0.2) is 4.79 Å². The van der Waals surface area contributed by atoms with Gasteiger partial charge in [0.1, 0.15) is 11.9 Å². The van der Waals surface area contributed by atoms with Gasteiger partial charge in [0.2, 0.25) is 0 Å². The SMILES string of the molecule is Cc1cc(Cl)cc(-c2ccnc3cc(Cn4c(=O)ccn(C)c4=O)sc23)c1OC1CCCN(C(C)C)C1. The average Bonchev–Trinajstić information content (AvgIpc) is 3.29. The highest BCUT2D eigenvalue weighted by Gasteiger charge is 2.25. The van der Waals surface area contributed by atoms with Crippen LogP contribution in [0.25, 0.3) is 21.3 Å². The zero-order valence-electron chi connectivity index (χ0n) is 21.5. The number of likely N-dealkylation sites (tertiary alicyclic amines) is 1. The molecule has 0 radical (unpaired) electrons. The maximum absolute atomic E-state index is 12.6. The molecule has 0 bridgehead atoms. The number of thiophene rings is 1. The molecule has 5 rings (SSSR count). The van der Waals surface area contributed by atoms with Crippen molar-refractivity contribution < 1.29 is 4.74 Å². The fourth-order valence-corrected chi connectivity index (χ4v) is 6.38. The van der Waals surface area contributed by atoms with Crippen molar-refractivity contribution in [3.63, 3.8) is 0 Å². The van der Waals surface area contributed by atoms with Gasteiger partial charge >= 0.3 is 5.69 Å². The van der Waals surface area contributed by atoms with Crippen LogP contribution in [-0.2, 0) is 13.6 Å². The molecular weight excluding hydrogens is 508 g/mol. The summed E-state index contributed by atoms with van der Waals surface area (Å²) >= 11 is 8.07. The van der Waals surface area contributed by atoms with Crippen molar-refractivity contribution in [2.24, 2.45) is 7.05 Å². The second-order valence-corrected chi connectivity index (χ2v) is 11.6. The largest absolute Gasteiger partial charge is 0.488 e. The van der Waals surface area contributed by atoms with E-state index in [2.05, 4.69) is 23.7 Å². The highest BCUT2D eigenvalue weighted by atomic mass is 35.5. The van der Waals surface area contributed by atoms with Crippen LogP contribution < -0.4 is 16.0 Å². The summed E-state index contributed by atoms with van der Waals surface area (Å²) in [4.78, 5) is 32.8. The maximum Gasteiger partial charge on any atom is 0.331 e. The predicted octanol–water partition coefficient (Wildman–Crippen LogP) is 5.09. The highest BCUT2D eigenvalue weighted by molar-refractivity contribution is 7.19. The normalized spacial score (nSPS) is 16.5. The Hall–Kier alpha value is -2.94. The lowest BCUT2D eigenvalue weighted by Crippen LogP contribution is -2.44. The second-order valence-electron chi connectivity index (χ2n) is 9.99. The molecule has 7 nitrogen and oxygen atoms in total. The first kappa shape index (κ1) is 25.7. The summed E-state index contributed by atoms with van der Waals surface area (Å²) < 4.78 is 10.3. The van der Waals surface area contributed by atoms with Crippen molar-refractivity contribution in [3.8, 4) is 16.9 Å². The van der Waals surface area contributed by atoms with Gasteiger partial charge in [-0.1, -0.05) is 11.6 Å². The Labute approximate surface area is 224 Å². The smallest absolute Gasteiger partial charge is 0.331 e. The number of hydrogen-bond acceptors (Lipinski definition) is 6. The fraction of sp³-hybridized carbons (Fsp3) is 0.393. The molecule has 37 heavy (non-hydrogen) atoms. The number of halogens is 1. The predicted molar refractivity (Wildman–Crippen MR) is 150 cm³/mol. The van der Waals surface area contributed by atoms with Crippen LogP contribution in [-0.4, -0.2) is 44.3 Å². The molecular formula is C28H31ClN4O3S. The Morgan fingerprint density at radius 2 is 2.00 bits per heavy atom. The topological polar surface area (TPSA) is 69.4 Å². The minimum atomic E-state index is -0.345. The van der Waals surface area contributed by atoms with E-state index < -0.39 is 0 Å². The van der Waals surface area contributed by atoms with Crippen molar-refractivity contribution >= 4 is 33.2 Å². The third kappa shape index (κ3) is 5.23. The van der Waals surface area contributed by atoms with Crippen LogP contribution in [0.5, 0.6) is 5.75 Å². The van der Waals surface area contributed by atoms with Crippen molar-refractivity contribution in [2.75, 3.05) is 13.1 Å². The molecule has 4 aromatic rings. The van der Waals surface area contributed by atoms with Crippen LogP contribution in [0.1, 0.15) is 37.1 Å². The molecule has 9 heteroatoms. The van der Waals surface area contributed by atoms with Crippen LogP contribution in [0, 0.1) is 6.92 Å². The zero-order chi connectivity index (χ0) is 26.3. The van der Waals surface area contributed by atoms with E-state index >= 15 is 0 Å². The van der Waals surface area contributed by atoms with Crippen molar-refractivity contribution in [1.29, 1.82) is 0 Å². The van der Waals surface area contributed by atoms with Gasteiger partial charge in [0.25, 0.3) is 5.56 Å². The van der Waals surface area contributed by atoms with E-state index in [0.717, 1.165) is 63.5 Å². The van der Waals surface area contributed by atoms with E-state index in [0.29, 0.717) is 11.1 Å². The molecule has 0 N–H and O–H groups in total. The van der Waals surface area contributed by atoms with E-state index in [1.165, 1.54) is 32.7 Å². The van der Waals surface area contributed by atoms with E-state index in [1.807, 2.05) is 31.2 Å². The average molecular weight is 539 g/mol. The Kier molecular flexibility index (Phi) is 7.25. The van der Waals surface area contributed by atoms with Crippen LogP contribution in [0.4, 0.5) is 0 Å². The lowest BCUT2D eigenvalue weighted by atomic mass is 10.0. The number of pyridine rings is 1. The first-order chi connectivity index (χ1) is 17.7. The third-order valence-electron chi connectivity index (χ3n) is 6.97. The number of benzene rings is 1. The monoisotopic (exact) mass is 538 g/mol. The minimum Gasteiger partial charge on any atom is -0.488 e. The molecule has 3 aromatic heterocycles. The number of hydrogen-bond donors (Lipinski definition) is 0. The van der Waals surface area contributed by atoms with Crippen LogP contribution in [0.2, 0.25) is 5.02 Å². The van der Waals surface area contributed by atoms with E-state index in [1.54, 1.807) is 13.2 Å². The zero-order valence-corrected chi connectivity index (χ0v) is 23.1. The molecule has 1 saturated heterocycles.